The molecule has 5 rings (SSSR count). The number of carbonyl (C=O) groups excluding carboxylic acids is 1. The van der Waals surface area contributed by atoms with E-state index in [2.05, 4.69) is 15.4 Å². The van der Waals surface area contributed by atoms with Crippen LogP contribution in [0.2, 0.25) is 0 Å². The van der Waals surface area contributed by atoms with E-state index >= 15 is 0 Å². The number of amides is 1. The fourth-order valence-electron chi connectivity index (χ4n) is 3.11. The van der Waals surface area contributed by atoms with Gasteiger partial charge in [0, 0.05) is 18.0 Å². The standard InChI is InChI=1S/C21H17FN4O2/c22-15-8-6-14(7-9-15)19-24-21-26(25-19)17(12-13-4-2-1-3-5-13)18(28-21)20(27)23-16-10-11-16/h1-9,16H,10-12H2,(H,23,27). The third-order valence-electron chi connectivity index (χ3n) is 4.72. The van der Waals surface area contributed by atoms with Gasteiger partial charge in [0.25, 0.3) is 5.91 Å². The Hall–Kier alpha value is -3.48. The molecule has 0 atom stereocenters. The monoisotopic (exact) mass is 376 g/mol. The predicted molar refractivity (Wildman–Crippen MR) is 100 cm³/mol. The maximum absolute atomic E-state index is 13.2. The highest BCUT2D eigenvalue weighted by atomic mass is 19.1. The molecular weight excluding hydrogens is 359 g/mol. The Morgan fingerprint density at radius 2 is 1.89 bits per heavy atom. The van der Waals surface area contributed by atoms with E-state index in [-0.39, 0.29) is 29.4 Å². The molecule has 0 aliphatic heterocycles. The van der Waals surface area contributed by atoms with Gasteiger partial charge in [0.15, 0.2) is 5.82 Å². The van der Waals surface area contributed by atoms with Crippen LogP contribution >= 0.6 is 0 Å². The molecule has 2 aromatic carbocycles. The summed E-state index contributed by atoms with van der Waals surface area (Å²) < 4.78 is 20.5. The van der Waals surface area contributed by atoms with Gasteiger partial charge in [0.2, 0.25) is 5.76 Å². The molecule has 0 unspecified atom stereocenters. The molecule has 6 nitrogen and oxygen atoms in total. The van der Waals surface area contributed by atoms with Crippen molar-refractivity contribution in [2.24, 2.45) is 0 Å². The maximum Gasteiger partial charge on any atom is 0.325 e. The van der Waals surface area contributed by atoms with Crippen LogP contribution in [-0.2, 0) is 6.42 Å². The van der Waals surface area contributed by atoms with Gasteiger partial charge in [-0.05, 0) is 42.7 Å². The van der Waals surface area contributed by atoms with Gasteiger partial charge in [-0.3, -0.25) is 4.79 Å². The molecule has 2 aromatic heterocycles. The lowest BCUT2D eigenvalue weighted by Crippen LogP contribution is -2.26. The van der Waals surface area contributed by atoms with Crippen molar-refractivity contribution in [1.82, 2.24) is 19.9 Å². The molecule has 1 aliphatic carbocycles. The zero-order chi connectivity index (χ0) is 19.1. The lowest BCUT2D eigenvalue weighted by Gasteiger charge is -2.04. The van der Waals surface area contributed by atoms with Crippen LogP contribution in [0.3, 0.4) is 0 Å². The number of fused-ring (bicyclic) bond motifs is 1. The molecule has 1 aliphatic rings. The Kier molecular flexibility index (Phi) is 3.93. The van der Waals surface area contributed by atoms with Crippen LogP contribution in [0.1, 0.15) is 34.7 Å². The molecule has 0 spiro atoms. The second-order valence-electron chi connectivity index (χ2n) is 6.92. The van der Waals surface area contributed by atoms with Crippen molar-refractivity contribution >= 4 is 11.8 Å². The number of oxazole rings is 1. The van der Waals surface area contributed by atoms with Crippen molar-refractivity contribution in [3.63, 3.8) is 0 Å². The summed E-state index contributed by atoms with van der Waals surface area (Å²) in [5.41, 5.74) is 2.35. The largest absolute Gasteiger partial charge is 0.416 e. The van der Waals surface area contributed by atoms with Crippen molar-refractivity contribution < 1.29 is 13.6 Å². The number of nitrogens with one attached hydrogen (secondary N) is 1. The van der Waals surface area contributed by atoms with Gasteiger partial charge in [-0.25, -0.2) is 4.39 Å². The highest BCUT2D eigenvalue weighted by Crippen LogP contribution is 2.25. The molecule has 0 radical (unpaired) electrons. The molecule has 1 amide bonds. The van der Waals surface area contributed by atoms with Crippen molar-refractivity contribution in [3.8, 4) is 11.4 Å². The number of halogens is 1. The van der Waals surface area contributed by atoms with E-state index in [1.165, 1.54) is 12.1 Å². The lowest BCUT2D eigenvalue weighted by atomic mass is 10.1. The fraction of sp³-hybridized carbons (Fsp3) is 0.190. The maximum atomic E-state index is 13.2. The summed E-state index contributed by atoms with van der Waals surface area (Å²) in [6.45, 7) is 0. The van der Waals surface area contributed by atoms with Crippen LogP contribution < -0.4 is 5.32 Å². The van der Waals surface area contributed by atoms with Gasteiger partial charge < -0.3 is 9.73 Å². The second-order valence-corrected chi connectivity index (χ2v) is 6.92. The molecule has 4 aromatic rings. The normalized spacial score (nSPS) is 13.8. The minimum Gasteiger partial charge on any atom is -0.416 e. The van der Waals surface area contributed by atoms with Crippen LogP contribution in [0.25, 0.3) is 17.2 Å². The van der Waals surface area contributed by atoms with Crippen LogP contribution in [0.15, 0.2) is 59.0 Å². The molecule has 1 fully saturated rings. The van der Waals surface area contributed by atoms with Gasteiger partial charge in [0.1, 0.15) is 11.5 Å². The number of benzene rings is 2. The van der Waals surface area contributed by atoms with E-state index in [9.17, 15) is 9.18 Å². The van der Waals surface area contributed by atoms with Crippen LogP contribution in [-0.4, -0.2) is 26.5 Å². The Morgan fingerprint density at radius 1 is 1.14 bits per heavy atom. The van der Waals surface area contributed by atoms with Crippen LogP contribution in [0, 0.1) is 5.82 Å². The van der Waals surface area contributed by atoms with Gasteiger partial charge in [-0.1, -0.05) is 30.3 Å². The summed E-state index contributed by atoms with van der Waals surface area (Å²) >= 11 is 0. The fourth-order valence-corrected chi connectivity index (χ4v) is 3.11. The first-order chi connectivity index (χ1) is 13.7. The Balaban J connectivity index is 1.58. The van der Waals surface area contributed by atoms with Crippen molar-refractivity contribution in [2.45, 2.75) is 25.3 Å². The smallest absolute Gasteiger partial charge is 0.325 e. The molecule has 1 saturated carbocycles. The average Bonchev–Trinajstić information content (AvgIpc) is 3.32. The Labute approximate surface area is 160 Å². The molecule has 140 valence electrons. The first-order valence-electron chi connectivity index (χ1n) is 9.16. The second kappa shape index (κ2) is 6.60. The van der Waals surface area contributed by atoms with E-state index in [1.807, 2.05) is 30.3 Å². The topological polar surface area (TPSA) is 72.4 Å². The van der Waals surface area contributed by atoms with Crippen LogP contribution in [0.5, 0.6) is 0 Å². The quantitative estimate of drug-likeness (QED) is 0.578. The van der Waals surface area contributed by atoms with Gasteiger partial charge in [-0.2, -0.15) is 9.50 Å². The first-order valence-corrected chi connectivity index (χ1v) is 9.16. The molecule has 0 saturated heterocycles. The number of aromatic nitrogens is 3. The third-order valence-corrected chi connectivity index (χ3v) is 4.72. The highest BCUT2D eigenvalue weighted by molar-refractivity contribution is 5.93. The average molecular weight is 376 g/mol. The van der Waals surface area contributed by atoms with E-state index in [0.717, 1.165) is 18.4 Å². The SMILES string of the molecule is O=C(NC1CC1)c1oc2nc(-c3ccc(F)cc3)nn2c1Cc1ccccc1. The minimum atomic E-state index is -0.324. The van der Waals surface area contributed by atoms with Gasteiger partial charge in [0.05, 0.1) is 0 Å². The van der Waals surface area contributed by atoms with Gasteiger partial charge >= 0.3 is 5.84 Å². The Morgan fingerprint density at radius 3 is 2.61 bits per heavy atom. The van der Waals surface area contributed by atoms with Gasteiger partial charge in [-0.15, -0.1) is 5.10 Å². The predicted octanol–water partition coefficient (Wildman–Crippen LogP) is 3.61. The summed E-state index contributed by atoms with van der Waals surface area (Å²) in [4.78, 5) is 17.0. The zero-order valence-corrected chi connectivity index (χ0v) is 14.9. The summed E-state index contributed by atoms with van der Waals surface area (Å²) in [5, 5.41) is 7.47. The number of rotatable bonds is 5. The molecule has 7 heteroatoms. The third kappa shape index (κ3) is 3.15. The van der Waals surface area contributed by atoms with Crippen molar-refractivity contribution in [2.75, 3.05) is 0 Å². The molecule has 2 heterocycles. The summed E-state index contributed by atoms with van der Waals surface area (Å²) in [5.74, 6) is 0.323. The van der Waals surface area contributed by atoms with Crippen LogP contribution in [0.4, 0.5) is 4.39 Å². The van der Waals surface area contributed by atoms with Crippen molar-refractivity contribution in [1.29, 1.82) is 0 Å². The lowest BCUT2D eigenvalue weighted by molar-refractivity contribution is 0.0924. The Bertz CT molecular complexity index is 1140. The highest BCUT2D eigenvalue weighted by Gasteiger charge is 2.29. The number of hydrogen-bond acceptors (Lipinski definition) is 4. The minimum absolute atomic E-state index is 0.220. The van der Waals surface area contributed by atoms with E-state index < -0.39 is 0 Å². The van der Waals surface area contributed by atoms with E-state index in [4.69, 9.17) is 4.42 Å². The zero-order valence-electron chi connectivity index (χ0n) is 14.9. The number of hydrogen-bond donors (Lipinski definition) is 1. The van der Waals surface area contributed by atoms with Crippen molar-refractivity contribution in [3.05, 3.63) is 77.4 Å². The van der Waals surface area contributed by atoms with E-state index in [1.54, 1.807) is 16.6 Å². The summed E-state index contributed by atoms with van der Waals surface area (Å²) in [7, 11) is 0. The molecular formula is C21H17FN4O2. The van der Waals surface area contributed by atoms with E-state index in [0.29, 0.717) is 23.5 Å². The molecule has 0 bridgehead atoms. The molecule has 1 N–H and O–H groups in total. The first kappa shape index (κ1) is 16.7. The molecule has 28 heavy (non-hydrogen) atoms. The summed E-state index contributed by atoms with van der Waals surface area (Å²) in [6.07, 6.45) is 2.46. The summed E-state index contributed by atoms with van der Waals surface area (Å²) in [6, 6.07) is 16.0. The number of carbonyl (C=O) groups is 1. The number of nitrogens with zero attached hydrogens (tertiary/aromatic N) is 3.